The Balaban J connectivity index is 1.76. The van der Waals surface area contributed by atoms with Crippen molar-refractivity contribution in [1.29, 1.82) is 0 Å². The molecule has 0 heterocycles. The molecule has 0 spiro atoms. The molecule has 0 fully saturated rings. The van der Waals surface area contributed by atoms with Gasteiger partial charge in [0.2, 0.25) is 11.5 Å². The van der Waals surface area contributed by atoms with E-state index in [-0.39, 0.29) is 43.3 Å². The molecule has 0 aromatic heterocycles. The van der Waals surface area contributed by atoms with Crippen LogP contribution in [0.4, 0.5) is 0 Å². The molecule has 0 unspecified atom stereocenters. The van der Waals surface area contributed by atoms with Gasteiger partial charge in [0.25, 0.3) is 0 Å². The van der Waals surface area contributed by atoms with Crippen LogP contribution < -0.4 is 18.9 Å². The highest BCUT2D eigenvalue weighted by molar-refractivity contribution is 5.69. The number of hydrogen-bond donors (Lipinski definition) is 0. The van der Waals surface area contributed by atoms with Gasteiger partial charge in [-0.25, -0.2) is 0 Å². The number of benzene rings is 6. The second kappa shape index (κ2) is 19.2. The number of ether oxygens (including phenoxy) is 4. The maximum Gasteiger partial charge on any atom is 0.216 e. The lowest BCUT2D eigenvalue weighted by atomic mass is 9.78. The summed E-state index contributed by atoms with van der Waals surface area (Å²) in [4.78, 5) is 0. The van der Waals surface area contributed by atoms with Gasteiger partial charge in [0.1, 0.15) is 23.0 Å². The molecule has 0 bridgehead atoms. The quantitative estimate of drug-likeness (QED) is 0.152. The fraction of sp³-hybridized carbons (Fsp3) is 0.500. The van der Waals surface area contributed by atoms with Crippen molar-refractivity contribution in [3.05, 3.63) is 160 Å². The molecule has 4 heteroatoms. The van der Waals surface area contributed by atoms with Crippen LogP contribution >= 0.6 is 0 Å². The summed E-state index contributed by atoms with van der Waals surface area (Å²) in [7, 11) is 0. The highest BCUT2D eigenvalue weighted by Gasteiger charge is 2.36. The molecule has 1 aliphatic rings. The zero-order valence-electron chi connectivity index (χ0n) is 52.6. The zero-order chi connectivity index (χ0) is 57.2. The fourth-order valence-electron chi connectivity index (χ4n) is 11.5. The van der Waals surface area contributed by atoms with E-state index < -0.39 is 0 Å². The molecule has 0 N–H and O–H groups in total. The van der Waals surface area contributed by atoms with Crippen molar-refractivity contribution in [2.24, 2.45) is 0 Å². The van der Waals surface area contributed by atoms with Gasteiger partial charge in [-0.2, -0.15) is 0 Å². The van der Waals surface area contributed by atoms with Gasteiger partial charge in [0.15, 0.2) is 11.5 Å². The molecule has 6 aromatic carbocycles. The zero-order valence-corrected chi connectivity index (χ0v) is 52.6. The van der Waals surface area contributed by atoms with Crippen LogP contribution in [0, 0.1) is 48.6 Å². The standard InChI is InChI=1S/C72H96O4/c1-41-33-55(51(69(17,18)19)37-47(41)65(5,6)7)73-61-59-45-31-29-30-32-46(45)60(59)62(74-56-34-42(2)48(66(8,9)10)38-52(56)70(20,21)22)64(76-58-36-44(4)50(68(14,15)16)40-54(58)72(26,27)28)63(61)75-57-35-43(3)49(67(11,12)13)39-53(57)71(23,24)25/h29-40H,1-28H3. The molecule has 0 saturated heterocycles. The minimum atomic E-state index is -0.302. The first kappa shape index (κ1) is 58.2. The van der Waals surface area contributed by atoms with Crippen molar-refractivity contribution in [3.63, 3.8) is 0 Å². The molecule has 0 radical (unpaired) electrons. The maximum absolute atomic E-state index is 7.88. The molecule has 76 heavy (non-hydrogen) atoms. The second-order valence-electron chi connectivity index (χ2n) is 30.7. The highest BCUT2D eigenvalue weighted by Crippen LogP contribution is 2.57. The summed E-state index contributed by atoms with van der Waals surface area (Å²) in [6, 6.07) is 27.1. The first-order valence-corrected chi connectivity index (χ1v) is 28.1. The van der Waals surface area contributed by atoms with Crippen molar-refractivity contribution < 1.29 is 18.9 Å². The Labute approximate surface area is 460 Å². The molecule has 0 saturated carbocycles. The Kier molecular flexibility index (Phi) is 14.7. The van der Waals surface area contributed by atoms with Gasteiger partial charge in [0.05, 0.1) is 0 Å². The van der Waals surface area contributed by atoms with Crippen molar-refractivity contribution in [3.8, 4) is 46.0 Å². The van der Waals surface area contributed by atoms with E-state index in [1.165, 1.54) is 33.4 Å². The van der Waals surface area contributed by atoms with E-state index in [0.717, 1.165) is 77.3 Å². The van der Waals surface area contributed by atoms with Gasteiger partial charge in [0, 0.05) is 32.7 Å². The lowest BCUT2D eigenvalue weighted by Gasteiger charge is -2.32. The molecule has 4 nitrogen and oxygen atoms in total. The van der Waals surface area contributed by atoms with Gasteiger partial charge < -0.3 is 18.9 Å². The van der Waals surface area contributed by atoms with Gasteiger partial charge in [-0.05, 0) is 150 Å². The third-order valence-corrected chi connectivity index (χ3v) is 15.4. The Morgan fingerprint density at radius 3 is 0.605 bits per heavy atom. The summed E-state index contributed by atoms with van der Waals surface area (Å²) < 4.78 is 31.4. The lowest BCUT2D eigenvalue weighted by molar-refractivity contribution is 0.349. The molecule has 0 atom stereocenters. The SMILES string of the molecule is Cc1cc(Oc2c(Oc3cc(C)c(C(C)(C)C)cc3C(C)(C)C)c(Oc3cc(C)c(C(C)(C)C)cc3C(C)(C)C)c3c(c2Oc2cc(C)c(C(C)(C)C)cc2C(C)(C)C)=c2ccccc2=3)c(C(C)(C)C)cc1C(C)(C)C. The summed E-state index contributed by atoms with van der Waals surface area (Å²) in [5, 5.41) is 4.00. The largest absolute Gasteiger partial charge is 0.452 e. The van der Waals surface area contributed by atoms with Crippen LogP contribution in [-0.2, 0) is 43.3 Å². The third-order valence-electron chi connectivity index (χ3n) is 15.4. The monoisotopic (exact) mass is 1020 g/mol. The molecule has 408 valence electrons. The third kappa shape index (κ3) is 11.4. The fourth-order valence-corrected chi connectivity index (χ4v) is 11.5. The minimum absolute atomic E-state index is 0.0825. The average molecular weight is 1030 g/mol. The number of aryl methyl sites for hydroxylation is 4. The highest BCUT2D eigenvalue weighted by atomic mass is 16.6. The summed E-state index contributed by atoms with van der Waals surface area (Å²) in [6.45, 7) is 63.6. The molecule has 1 aliphatic carbocycles. The van der Waals surface area contributed by atoms with E-state index in [9.17, 15) is 0 Å². The predicted molar refractivity (Wildman–Crippen MR) is 323 cm³/mol. The Hall–Kier alpha value is -5.48. The van der Waals surface area contributed by atoms with E-state index in [1.54, 1.807) is 0 Å². The number of rotatable bonds is 8. The molecule has 0 aliphatic heterocycles. The van der Waals surface area contributed by atoms with Crippen molar-refractivity contribution in [1.82, 2.24) is 0 Å². The average Bonchev–Trinajstić information content (AvgIpc) is 3.21. The van der Waals surface area contributed by atoms with E-state index in [0.29, 0.717) is 23.0 Å². The Bertz CT molecular complexity index is 3220. The van der Waals surface area contributed by atoms with E-state index in [1.807, 2.05) is 0 Å². The van der Waals surface area contributed by atoms with Crippen LogP contribution in [0.1, 0.15) is 233 Å². The smallest absolute Gasteiger partial charge is 0.216 e. The van der Waals surface area contributed by atoms with Crippen molar-refractivity contribution in [2.75, 3.05) is 0 Å². The van der Waals surface area contributed by atoms with Gasteiger partial charge in [-0.15, -0.1) is 0 Å². The maximum atomic E-state index is 7.88. The van der Waals surface area contributed by atoms with Crippen LogP contribution in [0.15, 0.2) is 72.8 Å². The molecule has 6 aromatic rings. The topological polar surface area (TPSA) is 36.9 Å². The predicted octanol–water partition coefficient (Wildman–Crippen LogP) is 21.4. The first-order chi connectivity index (χ1) is 34.4. The summed E-state index contributed by atoms with van der Waals surface area (Å²) in [5.74, 6) is 5.19. The van der Waals surface area contributed by atoms with Crippen LogP contribution in [0.3, 0.4) is 0 Å². The first-order valence-electron chi connectivity index (χ1n) is 28.1. The molecular weight excluding hydrogens is 929 g/mol. The molecule has 7 rings (SSSR count). The summed E-state index contributed by atoms with van der Waals surface area (Å²) in [5.41, 5.74) is 12.7. The van der Waals surface area contributed by atoms with Crippen molar-refractivity contribution in [2.45, 2.75) is 237 Å². The number of hydrogen-bond acceptors (Lipinski definition) is 4. The second-order valence-corrected chi connectivity index (χ2v) is 30.7. The van der Waals surface area contributed by atoms with E-state index in [2.05, 4.69) is 267 Å². The Morgan fingerprint density at radius 1 is 0.237 bits per heavy atom. The number of fused-ring (bicyclic) bond motifs is 2. The summed E-state index contributed by atoms with van der Waals surface area (Å²) >= 11 is 0. The molecule has 0 amide bonds. The van der Waals surface area contributed by atoms with E-state index >= 15 is 0 Å². The normalized spacial score (nSPS) is 13.5. The lowest BCUT2D eigenvalue weighted by Crippen LogP contribution is -2.20. The van der Waals surface area contributed by atoms with Gasteiger partial charge >= 0.3 is 0 Å². The van der Waals surface area contributed by atoms with Gasteiger partial charge in [-0.3, -0.25) is 0 Å². The minimum Gasteiger partial charge on any atom is -0.452 e. The molecular formula is C72H96O4. The van der Waals surface area contributed by atoms with Crippen molar-refractivity contribution >= 4 is 0 Å². The van der Waals surface area contributed by atoms with Crippen LogP contribution in [0.25, 0.3) is 0 Å². The van der Waals surface area contributed by atoms with Gasteiger partial charge in [-0.1, -0.05) is 215 Å². The van der Waals surface area contributed by atoms with Crippen LogP contribution in [0.5, 0.6) is 46.0 Å². The van der Waals surface area contributed by atoms with Crippen LogP contribution in [0.2, 0.25) is 0 Å². The van der Waals surface area contributed by atoms with E-state index in [4.69, 9.17) is 18.9 Å². The summed E-state index contributed by atoms with van der Waals surface area (Å²) in [6.07, 6.45) is 0. The van der Waals surface area contributed by atoms with Crippen LogP contribution in [-0.4, -0.2) is 0 Å². The Morgan fingerprint density at radius 2 is 0.421 bits per heavy atom.